The summed E-state index contributed by atoms with van der Waals surface area (Å²) >= 11 is 0. The van der Waals surface area contributed by atoms with Gasteiger partial charge >= 0.3 is 0 Å². The van der Waals surface area contributed by atoms with Gasteiger partial charge in [0.15, 0.2) is 11.5 Å². The van der Waals surface area contributed by atoms with Crippen LogP contribution >= 0.6 is 0 Å². The molecule has 2 heterocycles. The van der Waals surface area contributed by atoms with Crippen LogP contribution in [-0.2, 0) is 22.5 Å². The number of hydrogen-bond donors (Lipinski definition) is 0. The maximum atomic E-state index is 12.9. The smallest absolute Gasteiger partial charge is 0.252 e. The molecule has 0 spiro atoms. The Morgan fingerprint density at radius 1 is 1.04 bits per heavy atom. The molecule has 2 aromatic rings. The van der Waals surface area contributed by atoms with Crippen molar-refractivity contribution in [3.63, 3.8) is 0 Å². The second kappa shape index (κ2) is 7.79. The molecule has 0 bridgehead atoms. The van der Waals surface area contributed by atoms with Gasteiger partial charge in [0.05, 0.1) is 0 Å². The molecule has 0 saturated carbocycles. The summed E-state index contributed by atoms with van der Waals surface area (Å²) in [5, 5.41) is 0. The standard InChI is InChI=1S/C21H23NO4/c23-21(19-7-4-12-24-19)22(11-10-16-5-2-1-3-6-16)14-17-8-9-18-20(13-17)26-15-25-18/h1-3,5-6,8-9,13,19H,4,7,10-12,14-15H2/t19-/m0/s1. The lowest BCUT2D eigenvalue weighted by atomic mass is 10.1. The third kappa shape index (κ3) is 3.83. The zero-order valence-electron chi connectivity index (χ0n) is 14.7. The molecule has 1 fully saturated rings. The van der Waals surface area contributed by atoms with Crippen LogP contribution in [0.1, 0.15) is 24.0 Å². The average molecular weight is 353 g/mol. The number of benzene rings is 2. The monoisotopic (exact) mass is 353 g/mol. The van der Waals surface area contributed by atoms with Crippen molar-refractivity contribution in [1.29, 1.82) is 0 Å². The first-order chi connectivity index (χ1) is 12.8. The molecule has 5 nitrogen and oxygen atoms in total. The van der Waals surface area contributed by atoms with Crippen LogP contribution in [0, 0.1) is 0 Å². The van der Waals surface area contributed by atoms with Gasteiger partial charge in [0.2, 0.25) is 6.79 Å². The Morgan fingerprint density at radius 2 is 1.88 bits per heavy atom. The second-order valence-corrected chi connectivity index (χ2v) is 6.68. The van der Waals surface area contributed by atoms with Crippen molar-refractivity contribution in [2.75, 3.05) is 19.9 Å². The summed E-state index contributed by atoms with van der Waals surface area (Å²) in [5.74, 6) is 1.58. The van der Waals surface area contributed by atoms with Crippen LogP contribution in [0.2, 0.25) is 0 Å². The van der Waals surface area contributed by atoms with Crippen LogP contribution < -0.4 is 9.47 Å². The van der Waals surface area contributed by atoms with E-state index in [1.165, 1.54) is 5.56 Å². The Kier molecular flexibility index (Phi) is 5.07. The minimum absolute atomic E-state index is 0.0797. The molecule has 0 aliphatic carbocycles. The number of nitrogens with zero attached hydrogens (tertiary/aromatic N) is 1. The Labute approximate surface area is 153 Å². The van der Waals surface area contributed by atoms with Gasteiger partial charge in [-0.25, -0.2) is 0 Å². The Hall–Kier alpha value is -2.53. The van der Waals surface area contributed by atoms with Crippen LogP contribution in [0.15, 0.2) is 48.5 Å². The molecule has 0 unspecified atom stereocenters. The maximum Gasteiger partial charge on any atom is 0.252 e. The summed E-state index contributed by atoms with van der Waals surface area (Å²) in [6.07, 6.45) is 2.28. The largest absolute Gasteiger partial charge is 0.454 e. The Bertz CT molecular complexity index is 756. The van der Waals surface area contributed by atoms with Crippen molar-refractivity contribution in [2.45, 2.75) is 31.9 Å². The van der Waals surface area contributed by atoms with E-state index in [1.54, 1.807) is 0 Å². The lowest BCUT2D eigenvalue weighted by Gasteiger charge is -2.25. The molecular weight excluding hydrogens is 330 g/mol. The van der Waals surface area contributed by atoms with Gasteiger partial charge in [0.25, 0.3) is 5.91 Å². The predicted octanol–water partition coefficient (Wildman–Crippen LogP) is 3.17. The lowest BCUT2D eigenvalue weighted by Crippen LogP contribution is -2.39. The molecule has 2 aliphatic rings. The lowest BCUT2D eigenvalue weighted by molar-refractivity contribution is -0.141. The first kappa shape index (κ1) is 16.9. The molecule has 0 aromatic heterocycles. The highest BCUT2D eigenvalue weighted by molar-refractivity contribution is 5.81. The Morgan fingerprint density at radius 3 is 2.69 bits per heavy atom. The number of hydrogen-bond acceptors (Lipinski definition) is 4. The molecule has 1 saturated heterocycles. The van der Waals surface area contributed by atoms with Gasteiger partial charge in [0, 0.05) is 19.7 Å². The summed E-state index contributed by atoms with van der Waals surface area (Å²) in [6.45, 7) is 2.14. The molecule has 0 N–H and O–H groups in total. The molecule has 2 aliphatic heterocycles. The molecule has 5 heteroatoms. The molecule has 26 heavy (non-hydrogen) atoms. The minimum Gasteiger partial charge on any atom is -0.454 e. The number of ether oxygens (including phenoxy) is 3. The number of fused-ring (bicyclic) bond motifs is 1. The van der Waals surface area contributed by atoms with Crippen LogP contribution in [0.4, 0.5) is 0 Å². The molecular formula is C21H23NO4. The van der Waals surface area contributed by atoms with E-state index in [1.807, 2.05) is 41.3 Å². The van der Waals surface area contributed by atoms with E-state index in [0.717, 1.165) is 36.3 Å². The van der Waals surface area contributed by atoms with Crippen molar-refractivity contribution in [3.8, 4) is 11.5 Å². The fourth-order valence-corrected chi connectivity index (χ4v) is 3.41. The van der Waals surface area contributed by atoms with Gasteiger partial charge in [0.1, 0.15) is 6.10 Å². The highest BCUT2D eigenvalue weighted by Crippen LogP contribution is 2.33. The predicted molar refractivity (Wildman–Crippen MR) is 97.1 cm³/mol. The summed E-state index contributed by atoms with van der Waals surface area (Å²) in [5.41, 5.74) is 2.26. The van der Waals surface area contributed by atoms with Gasteiger partial charge in [-0.15, -0.1) is 0 Å². The zero-order chi connectivity index (χ0) is 17.8. The SMILES string of the molecule is O=C([C@@H]1CCCO1)N(CCc1ccccc1)Cc1ccc2c(c1)OCO2. The van der Waals surface area contributed by atoms with E-state index in [4.69, 9.17) is 14.2 Å². The van der Waals surface area contributed by atoms with Crippen LogP contribution in [-0.4, -0.2) is 36.9 Å². The van der Waals surface area contributed by atoms with Gasteiger partial charge in [-0.2, -0.15) is 0 Å². The second-order valence-electron chi connectivity index (χ2n) is 6.68. The number of rotatable bonds is 6. The molecule has 1 amide bonds. The van der Waals surface area contributed by atoms with Crippen molar-refractivity contribution in [1.82, 2.24) is 4.90 Å². The summed E-state index contributed by atoms with van der Waals surface area (Å²) < 4.78 is 16.5. The van der Waals surface area contributed by atoms with Crippen molar-refractivity contribution >= 4 is 5.91 Å². The van der Waals surface area contributed by atoms with E-state index >= 15 is 0 Å². The van der Waals surface area contributed by atoms with Crippen LogP contribution in [0.5, 0.6) is 11.5 Å². The first-order valence-electron chi connectivity index (χ1n) is 9.12. The fraction of sp³-hybridized carbons (Fsp3) is 0.381. The van der Waals surface area contributed by atoms with Gasteiger partial charge < -0.3 is 19.1 Å². The van der Waals surface area contributed by atoms with E-state index in [2.05, 4.69) is 12.1 Å². The minimum atomic E-state index is -0.306. The Balaban J connectivity index is 1.48. The first-order valence-corrected chi connectivity index (χ1v) is 9.12. The number of amides is 1. The van der Waals surface area contributed by atoms with Gasteiger partial charge in [-0.3, -0.25) is 4.79 Å². The third-order valence-corrected chi connectivity index (χ3v) is 4.84. The van der Waals surface area contributed by atoms with E-state index in [-0.39, 0.29) is 18.8 Å². The molecule has 2 aromatic carbocycles. The molecule has 4 rings (SSSR count). The topological polar surface area (TPSA) is 48.0 Å². The zero-order valence-corrected chi connectivity index (χ0v) is 14.7. The quantitative estimate of drug-likeness (QED) is 0.800. The van der Waals surface area contributed by atoms with E-state index < -0.39 is 0 Å². The van der Waals surface area contributed by atoms with Crippen molar-refractivity contribution in [2.24, 2.45) is 0 Å². The molecule has 136 valence electrons. The van der Waals surface area contributed by atoms with E-state index in [0.29, 0.717) is 19.7 Å². The highest BCUT2D eigenvalue weighted by Gasteiger charge is 2.28. The van der Waals surface area contributed by atoms with Crippen molar-refractivity contribution < 1.29 is 19.0 Å². The van der Waals surface area contributed by atoms with Crippen LogP contribution in [0.25, 0.3) is 0 Å². The molecule has 0 radical (unpaired) electrons. The summed E-state index contributed by atoms with van der Waals surface area (Å²) in [7, 11) is 0. The fourth-order valence-electron chi connectivity index (χ4n) is 3.41. The highest BCUT2D eigenvalue weighted by atomic mass is 16.7. The number of carbonyl (C=O) groups excluding carboxylic acids is 1. The van der Waals surface area contributed by atoms with Crippen LogP contribution in [0.3, 0.4) is 0 Å². The third-order valence-electron chi connectivity index (χ3n) is 4.84. The average Bonchev–Trinajstić information content (AvgIpc) is 3.36. The summed E-state index contributed by atoms with van der Waals surface area (Å²) in [6, 6.07) is 16.1. The number of carbonyl (C=O) groups is 1. The van der Waals surface area contributed by atoms with Gasteiger partial charge in [-0.1, -0.05) is 36.4 Å². The van der Waals surface area contributed by atoms with Gasteiger partial charge in [-0.05, 0) is 42.5 Å². The van der Waals surface area contributed by atoms with Crippen molar-refractivity contribution in [3.05, 3.63) is 59.7 Å². The normalized spacial score (nSPS) is 18.1. The molecule has 1 atom stereocenters. The maximum absolute atomic E-state index is 12.9. The summed E-state index contributed by atoms with van der Waals surface area (Å²) in [4.78, 5) is 14.9. The van der Waals surface area contributed by atoms with E-state index in [9.17, 15) is 4.79 Å².